The van der Waals surface area contributed by atoms with Gasteiger partial charge in [0.05, 0.1) is 11.1 Å². The quantitative estimate of drug-likeness (QED) is 0.706. The van der Waals surface area contributed by atoms with E-state index in [2.05, 4.69) is 15.0 Å². The zero-order valence-corrected chi connectivity index (χ0v) is 13.1. The van der Waals surface area contributed by atoms with Gasteiger partial charge in [0.15, 0.2) is 6.61 Å². The fraction of sp³-hybridized carbons (Fsp3) is 0.600. The van der Waals surface area contributed by atoms with Gasteiger partial charge in [0.25, 0.3) is 5.91 Å². The molecule has 1 atom stereocenters. The van der Waals surface area contributed by atoms with Crippen LogP contribution in [0, 0.1) is 5.92 Å². The number of carbonyl (C=O) groups is 1. The Morgan fingerprint density at radius 1 is 1.46 bits per heavy atom. The standard InChI is InChI=1S/C15H19F4N3O2/c1-14(7-20,10-3-4-10)22-12(23)9-2-5-11(21-6-9)24-8-15(18,19)13(16)17/h2,5-6,10,13H,3-4,7-8,20H2,1H3,(H,22,23). The molecule has 1 unspecified atom stereocenters. The smallest absolute Gasteiger partial charge is 0.340 e. The summed E-state index contributed by atoms with van der Waals surface area (Å²) in [5.41, 5.74) is 5.41. The molecule has 0 aliphatic heterocycles. The molecule has 1 aliphatic carbocycles. The van der Waals surface area contributed by atoms with Crippen molar-refractivity contribution in [2.24, 2.45) is 11.7 Å². The van der Waals surface area contributed by atoms with Crippen molar-refractivity contribution in [2.75, 3.05) is 13.2 Å². The number of rotatable bonds is 8. The van der Waals surface area contributed by atoms with Crippen LogP contribution in [0.25, 0.3) is 0 Å². The van der Waals surface area contributed by atoms with E-state index in [0.29, 0.717) is 12.5 Å². The van der Waals surface area contributed by atoms with Gasteiger partial charge in [-0.1, -0.05) is 0 Å². The van der Waals surface area contributed by atoms with Crippen LogP contribution in [0.4, 0.5) is 17.6 Å². The number of amides is 1. The number of aromatic nitrogens is 1. The Labute approximate surface area is 136 Å². The third-order valence-electron chi connectivity index (χ3n) is 4.03. The van der Waals surface area contributed by atoms with Crippen LogP contribution >= 0.6 is 0 Å². The first-order valence-electron chi connectivity index (χ1n) is 7.45. The van der Waals surface area contributed by atoms with E-state index in [1.54, 1.807) is 0 Å². The highest BCUT2D eigenvalue weighted by atomic mass is 19.3. The number of nitrogens with two attached hydrogens (primary N) is 1. The van der Waals surface area contributed by atoms with Crippen LogP contribution in [0.2, 0.25) is 0 Å². The topological polar surface area (TPSA) is 77.2 Å². The summed E-state index contributed by atoms with van der Waals surface area (Å²) in [4.78, 5) is 15.9. The maximum Gasteiger partial charge on any atom is 0.340 e. The molecule has 3 N–H and O–H groups in total. The lowest BCUT2D eigenvalue weighted by Crippen LogP contribution is -2.53. The predicted molar refractivity (Wildman–Crippen MR) is 78.3 cm³/mol. The number of nitrogens with one attached hydrogen (secondary N) is 1. The second kappa shape index (κ2) is 6.92. The molecule has 0 bridgehead atoms. The van der Waals surface area contributed by atoms with Gasteiger partial charge in [-0.05, 0) is 31.7 Å². The summed E-state index contributed by atoms with van der Waals surface area (Å²) < 4.78 is 54.1. The van der Waals surface area contributed by atoms with E-state index in [1.807, 2.05) is 6.92 Å². The first-order valence-corrected chi connectivity index (χ1v) is 7.45. The molecular weight excluding hydrogens is 330 g/mol. The van der Waals surface area contributed by atoms with Gasteiger partial charge >= 0.3 is 12.3 Å². The van der Waals surface area contributed by atoms with Crippen molar-refractivity contribution in [3.05, 3.63) is 23.9 Å². The first kappa shape index (κ1) is 18.4. The van der Waals surface area contributed by atoms with E-state index in [4.69, 9.17) is 5.73 Å². The van der Waals surface area contributed by atoms with E-state index < -0.39 is 30.4 Å². The fourth-order valence-corrected chi connectivity index (χ4v) is 2.20. The van der Waals surface area contributed by atoms with Gasteiger partial charge in [0.2, 0.25) is 5.88 Å². The number of ether oxygens (including phenoxy) is 1. The Morgan fingerprint density at radius 3 is 2.58 bits per heavy atom. The largest absolute Gasteiger partial charge is 0.471 e. The average Bonchev–Trinajstić information content (AvgIpc) is 3.38. The number of hydrogen-bond acceptors (Lipinski definition) is 4. The molecule has 1 fully saturated rings. The summed E-state index contributed by atoms with van der Waals surface area (Å²) in [7, 11) is 0. The van der Waals surface area contributed by atoms with Crippen LogP contribution in [0.15, 0.2) is 18.3 Å². The zero-order chi connectivity index (χ0) is 18.0. The number of alkyl halides is 4. The summed E-state index contributed by atoms with van der Waals surface area (Å²) in [5.74, 6) is -4.59. The van der Waals surface area contributed by atoms with Crippen molar-refractivity contribution in [2.45, 2.75) is 37.7 Å². The molecule has 1 aromatic rings. The number of hydrogen-bond donors (Lipinski definition) is 2. The molecule has 0 saturated heterocycles. The van der Waals surface area contributed by atoms with Gasteiger partial charge in [0.1, 0.15) is 0 Å². The molecule has 1 aliphatic rings. The normalized spacial score (nSPS) is 17.5. The minimum atomic E-state index is -4.26. The number of halogens is 4. The molecule has 0 radical (unpaired) electrons. The van der Waals surface area contributed by atoms with E-state index in [0.717, 1.165) is 19.0 Å². The van der Waals surface area contributed by atoms with Crippen molar-refractivity contribution in [3.8, 4) is 5.88 Å². The Balaban J connectivity index is 1.95. The first-order chi connectivity index (χ1) is 11.2. The Bertz CT molecular complexity index is 579. The lowest BCUT2D eigenvalue weighted by Gasteiger charge is -2.29. The monoisotopic (exact) mass is 349 g/mol. The minimum absolute atomic E-state index is 0.197. The summed E-state index contributed by atoms with van der Waals surface area (Å²) >= 11 is 0. The molecule has 1 amide bonds. The second-order valence-corrected chi connectivity index (χ2v) is 6.09. The van der Waals surface area contributed by atoms with Gasteiger partial charge in [-0.3, -0.25) is 4.79 Å². The molecule has 2 rings (SSSR count). The summed E-state index contributed by atoms with van der Waals surface area (Å²) in [6.45, 7) is 0.663. The van der Waals surface area contributed by atoms with Crippen LogP contribution in [0.1, 0.15) is 30.1 Å². The minimum Gasteiger partial charge on any atom is -0.471 e. The molecule has 134 valence electrons. The lowest BCUT2D eigenvalue weighted by atomic mass is 9.95. The van der Waals surface area contributed by atoms with Gasteiger partial charge in [-0.2, -0.15) is 8.78 Å². The SMILES string of the molecule is CC(CN)(NC(=O)c1ccc(OCC(F)(F)C(F)F)nc1)C1CC1. The van der Waals surface area contributed by atoms with Gasteiger partial charge in [-0.15, -0.1) is 0 Å². The van der Waals surface area contributed by atoms with Crippen molar-refractivity contribution < 1.29 is 27.1 Å². The zero-order valence-electron chi connectivity index (χ0n) is 13.1. The van der Waals surface area contributed by atoms with E-state index in [1.165, 1.54) is 12.1 Å². The number of carbonyl (C=O) groups excluding carboxylic acids is 1. The highest BCUT2D eigenvalue weighted by molar-refractivity contribution is 5.94. The second-order valence-electron chi connectivity index (χ2n) is 6.09. The third kappa shape index (κ3) is 4.34. The maximum atomic E-state index is 12.8. The van der Waals surface area contributed by atoms with Crippen LogP contribution in [-0.4, -0.2) is 41.9 Å². The number of nitrogens with zero attached hydrogens (tertiary/aromatic N) is 1. The lowest BCUT2D eigenvalue weighted by molar-refractivity contribution is -0.148. The third-order valence-corrected chi connectivity index (χ3v) is 4.03. The molecule has 0 spiro atoms. The van der Waals surface area contributed by atoms with E-state index in [-0.39, 0.29) is 11.4 Å². The molecule has 1 saturated carbocycles. The number of pyridine rings is 1. The molecule has 5 nitrogen and oxygen atoms in total. The predicted octanol–water partition coefficient (Wildman–Crippen LogP) is 2.22. The molecule has 24 heavy (non-hydrogen) atoms. The van der Waals surface area contributed by atoms with Crippen molar-refractivity contribution in [1.82, 2.24) is 10.3 Å². The van der Waals surface area contributed by atoms with E-state index in [9.17, 15) is 22.4 Å². The average molecular weight is 349 g/mol. The molecule has 0 aromatic carbocycles. The van der Waals surface area contributed by atoms with Gasteiger partial charge in [-0.25, -0.2) is 13.8 Å². The Kier molecular flexibility index (Phi) is 5.32. The van der Waals surface area contributed by atoms with Gasteiger partial charge in [0, 0.05) is 18.8 Å². The molecule has 9 heteroatoms. The molecular formula is C15H19F4N3O2. The van der Waals surface area contributed by atoms with Crippen molar-refractivity contribution in [1.29, 1.82) is 0 Å². The summed E-state index contributed by atoms with van der Waals surface area (Å²) in [6, 6.07) is 2.50. The highest BCUT2D eigenvalue weighted by Gasteiger charge is 2.42. The van der Waals surface area contributed by atoms with E-state index >= 15 is 0 Å². The van der Waals surface area contributed by atoms with Crippen molar-refractivity contribution >= 4 is 5.91 Å². The van der Waals surface area contributed by atoms with Crippen LogP contribution < -0.4 is 15.8 Å². The Morgan fingerprint density at radius 2 is 2.12 bits per heavy atom. The summed E-state index contributed by atoms with van der Waals surface area (Å²) in [6.07, 6.45) is -0.692. The van der Waals surface area contributed by atoms with Crippen molar-refractivity contribution in [3.63, 3.8) is 0 Å². The fourth-order valence-electron chi connectivity index (χ4n) is 2.20. The summed E-state index contributed by atoms with van der Waals surface area (Å²) in [5, 5.41) is 2.85. The molecule has 1 aromatic heterocycles. The highest BCUT2D eigenvalue weighted by Crippen LogP contribution is 2.39. The van der Waals surface area contributed by atoms with Crippen LogP contribution in [0.3, 0.4) is 0 Å². The Hall–Kier alpha value is -1.90. The maximum absolute atomic E-state index is 12.8. The van der Waals surface area contributed by atoms with Gasteiger partial charge < -0.3 is 15.8 Å². The van der Waals surface area contributed by atoms with Crippen LogP contribution in [-0.2, 0) is 0 Å². The molecule has 1 heterocycles. The van der Waals surface area contributed by atoms with Crippen LogP contribution in [0.5, 0.6) is 5.88 Å².